The summed E-state index contributed by atoms with van der Waals surface area (Å²) in [6, 6.07) is 0. The van der Waals surface area contributed by atoms with Crippen LogP contribution in [-0.4, -0.2) is 60.1 Å². The van der Waals surface area contributed by atoms with E-state index in [0.29, 0.717) is 0 Å². The van der Waals surface area contributed by atoms with Crippen LogP contribution in [0.1, 0.15) is 0 Å². The molecule has 10 heteroatoms. The molecule has 0 bridgehead atoms. The van der Waals surface area contributed by atoms with Crippen LogP contribution in [0.15, 0.2) is 4.99 Å². The Balaban J connectivity index is -0.000000185. The predicted octanol–water partition coefficient (Wildman–Crippen LogP) is -8.01. The Kier molecular flexibility index (Phi) is 16.9. The zero-order chi connectivity index (χ0) is 10.3. The van der Waals surface area contributed by atoms with E-state index < -0.39 is 10.4 Å². The molecule has 1 rings (SSSR count). The third kappa shape index (κ3) is 21.2. The van der Waals surface area contributed by atoms with Crippen molar-refractivity contribution in [1.82, 2.24) is 4.90 Å². The first kappa shape index (κ1) is 21.6. The molecule has 1 aliphatic rings. The van der Waals surface area contributed by atoms with Gasteiger partial charge in [0.05, 0.1) is 19.5 Å². The second-order valence-corrected chi connectivity index (χ2v) is 3.01. The van der Waals surface area contributed by atoms with Gasteiger partial charge >= 0.3 is 59.1 Å². The topological polar surface area (TPSA) is 116 Å². The number of β-amino-alcohol motifs (C(OH)–C–C–N with tert-alkyl or cyclic N) is 1. The molecule has 0 spiro atoms. The first-order valence-corrected chi connectivity index (χ1v) is 4.78. The van der Waals surface area contributed by atoms with Crippen molar-refractivity contribution in [3.8, 4) is 0 Å². The number of aliphatic imine (C=N–C) groups is 1. The molecule has 78 valence electrons. The summed E-state index contributed by atoms with van der Waals surface area (Å²) in [6.07, 6.45) is 1.79. The first-order chi connectivity index (χ1) is 5.93. The Morgan fingerprint density at radius 3 is 2.13 bits per heavy atom. The third-order valence-electron chi connectivity index (χ3n) is 1.15. The fraction of sp³-hybridized carbons (Fsp3) is 0.800. The zero-order valence-corrected chi connectivity index (χ0v) is 13.6. The average molecular weight is 256 g/mol. The maximum atomic E-state index is 8.52. The molecule has 0 saturated carbocycles. The van der Waals surface area contributed by atoms with E-state index >= 15 is 0 Å². The Morgan fingerprint density at radius 1 is 1.40 bits per heavy atom. The molecular weight excluding hydrogens is 246 g/mol. The molecule has 0 fully saturated rings. The van der Waals surface area contributed by atoms with E-state index in [1.165, 1.54) is 0 Å². The van der Waals surface area contributed by atoms with Crippen molar-refractivity contribution in [2.75, 3.05) is 26.2 Å². The van der Waals surface area contributed by atoms with E-state index in [2.05, 4.69) is 4.99 Å². The van der Waals surface area contributed by atoms with Crippen molar-refractivity contribution < 1.29 is 81.7 Å². The smallest absolute Gasteiger partial charge is 0.759 e. The molecule has 0 atom stereocenters. The molecule has 1 aliphatic heterocycles. The minimum Gasteiger partial charge on any atom is -0.759 e. The SMILES string of the molecule is O=S(=O)([O-])[O-].OCCN1C=NCC1.[Na+].[Na+]. The second-order valence-electron chi connectivity index (χ2n) is 2.19. The van der Waals surface area contributed by atoms with Gasteiger partial charge < -0.3 is 19.1 Å². The van der Waals surface area contributed by atoms with Crippen LogP contribution >= 0.6 is 0 Å². The summed E-state index contributed by atoms with van der Waals surface area (Å²) >= 11 is 0. The average Bonchev–Trinajstić information content (AvgIpc) is 2.36. The van der Waals surface area contributed by atoms with Crippen molar-refractivity contribution in [1.29, 1.82) is 0 Å². The van der Waals surface area contributed by atoms with Gasteiger partial charge in [0.1, 0.15) is 0 Å². The van der Waals surface area contributed by atoms with Crippen molar-refractivity contribution in [3.05, 3.63) is 0 Å². The van der Waals surface area contributed by atoms with E-state index in [4.69, 9.17) is 22.6 Å². The Hall–Kier alpha value is 1.30. The van der Waals surface area contributed by atoms with Gasteiger partial charge in [-0.1, -0.05) is 0 Å². The van der Waals surface area contributed by atoms with Gasteiger partial charge in [-0.15, -0.1) is 0 Å². The van der Waals surface area contributed by atoms with Crippen LogP contribution in [0.4, 0.5) is 0 Å². The van der Waals surface area contributed by atoms with E-state index in [0.717, 1.165) is 19.6 Å². The summed E-state index contributed by atoms with van der Waals surface area (Å²) < 4.78 is 34.1. The molecule has 7 nitrogen and oxygen atoms in total. The van der Waals surface area contributed by atoms with Gasteiger partial charge in [-0.25, -0.2) is 0 Å². The molecule has 1 N–H and O–H groups in total. The van der Waals surface area contributed by atoms with Gasteiger partial charge in [0, 0.05) is 23.5 Å². The maximum absolute atomic E-state index is 8.52. The van der Waals surface area contributed by atoms with Gasteiger partial charge in [-0.05, 0) is 0 Å². The number of hydrogen-bond donors (Lipinski definition) is 1. The number of hydrogen-bond acceptors (Lipinski definition) is 7. The molecule has 0 amide bonds. The minimum atomic E-state index is -5.17. The van der Waals surface area contributed by atoms with E-state index in [-0.39, 0.29) is 65.7 Å². The number of nitrogens with zero attached hydrogens (tertiary/aromatic N) is 2. The Labute approximate surface area is 133 Å². The fourth-order valence-corrected chi connectivity index (χ4v) is 0.715. The summed E-state index contributed by atoms with van der Waals surface area (Å²) in [6.45, 7) is 2.82. The fourth-order valence-electron chi connectivity index (χ4n) is 0.715. The van der Waals surface area contributed by atoms with Gasteiger partial charge in [0.15, 0.2) is 0 Å². The molecule has 0 aromatic heterocycles. The third-order valence-corrected chi connectivity index (χ3v) is 1.15. The summed E-state index contributed by atoms with van der Waals surface area (Å²) in [7, 11) is -5.17. The Bertz CT molecular complexity index is 250. The van der Waals surface area contributed by atoms with E-state index in [9.17, 15) is 0 Å². The van der Waals surface area contributed by atoms with Gasteiger partial charge in [0.2, 0.25) is 0 Å². The summed E-state index contributed by atoms with van der Waals surface area (Å²) in [5.74, 6) is 0. The quantitative estimate of drug-likeness (QED) is 0.298. The number of aliphatic hydroxyl groups is 1. The predicted molar refractivity (Wildman–Crippen MR) is 42.5 cm³/mol. The second kappa shape index (κ2) is 11.8. The summed E-state index contributed by atoms with van der Waals surface area (Å²) in [4.78, 5) is 5.97. The number of aliphatic hydroxyl groups excluding tert-OH is 1. The minimum absolute atomic E-state index is 0. The van der Waals surface area contributed by atoms with Crippen LogP contribution in [-0.2, 0) is 10.4 Å². The van der Waals surface area contributed by atoms with Crippen molar-refractivity contribution in [2.45, 2.75) is 0 Å². The maximum Gasteiger partial charge on any atom is 1.00 e. The Morgan fingerprint density at radius 2 is 1.87 bits per heavy atom. The summed E-state index contributed by atoms with van der Waals surface area (Å²) in [5.41, 5.74) is 0. The van der Waals surface area contributed by atoms with Crippen LogP contribution in [0.25, 0.3) is 0 Å². The molecule has 15 heavy (non-hydrogen) atoms. The van der Waals surface area contributed by atoms with Crippen molar-refractivity contribution >= 4 is 16.7 Å². The molecule has 0 radical (unpaired) electrons. The van der Waals surface area contributed by atoms with E-state index in [1.54, 1.807) is 6.34 Å². The van der Waals surface area contributed by atoms with Crippen LogP contribution in [0.5, 0.6) is 0 Å². The first-order valence-electron chi connectivity index (χ1n) is 3.45. The molecule has 0 aromatic carbocycles. The van der Waals surface area contributed by atoms with Gasteiger partial charge in [0.25, 0.3) is 0 Å². The van der Waals surface area contributed by atoms with Crippen molar-refractivity contribution in [2.24, 2.45) is 4.99 Å². The van der Waals surface area contributed by atoms with Crippen LogP contribution in [0, 0.1) is 0 Å². The molecule has 0 aromatic rings. The molecule has 0 aliphatic carbocycles. The summed E-state index contributed by atoms with van der Waals surface area (Å²) in [5, 5.41) is 8.42. The van der Waals surface area contributed by atoms with Crippen molar-refractivity contribution in [3.63, 3.8) is 0 Å². The molecule has 0 saturated heterocycles. The van der Waals surface area contributed by atoms with Gasteiger partial charge in [-0.3, -0.25) is 13.4 Å². The van der Waals surface area contributed by atoms with E-state index in [1.807, 2.05) is 4.90 Å². The normalized spacial score (nSPS) is 13.4. The zero-order valence-electron chi connectivity index (χ0n) is 8.79. The largest absolute Gasteiger partial charge is 1.00 e. The molecular formula is C5H10N2Na2O5S. The van der Waals surface area contributed by atoms with Crippen LogP contribution < -0.4 is 59.1 Å². The molecule has 1 heterocycles. The monoisotopic (exact) mass is 256 g/mol. The molecule has 0 unspecified atom stereocenters. The van der Waals surface area contributed by atoms with Crippen LogP contribution in [0.3, 0.4) is 0 Å². The number of rotatable bonds is 2. The van der Waals surface area contributed by atoms with Gasteiger partial charge in [-0.2, -0.15) is 0 Å². The van der Waals surface area contributed by atoms with Crippen LogP contribution in [0.2, 0.25) is 0 Å². The standard InChI is InChI=1S/C5H10N2O.2Na.H2O4S/c8-4-3-7-2-1-6-5-7;;;1-5(2,3)4/h5,8H,1-4H2;;;(H2,1,2,3,4)/q;2*+1;/p-2.